The smallest absolute Gasteiger partial charge is 0.0928 e. The van der Waals surface area contributed by atoms with Gasteiger partial charge in [0.1, 0.15) is 0 Å². The Morgan fingerprint density at radius 3 is 2.63 bits per heavy atom. The zero-order chi connectivity index (χ0) is 13.8. The molecule has 0 aliphatic carbocycles. The van der Waals surface area contributed by atoms with Crippen LogP contribution in [0.1, 0.15) is 50.7 Å². The Labute approximate surface area is 115 Å². The van der Waals surface area contributed by atoms with Crippen LogP contribution in [0.4, 0.5) is 0 Å². The average Bonchev–Trinajstić information content (AvgIpc) is 2.78. The lowest BCUT2D eigenvalue weighted by atomic mass is 9.66. The third-order valence-corrected chi connectivity index (χ3v) is 5.26. The minimum atomic E-state index is -0.362. The number of hydrogen-bond acceptors (Lipinski definition) is 2. The lowest BCUT2D eigenvalue weighted by Gasteiger charge is -2.38. The van der Waals surface area contributed by atoms with E-state index in [1.165, 1.54) is 11.1 Å². The number of aliphatic hydroxyl groups is 1. The molecule has 4 atom stereocenters. The minimum absolute atomic E-state index is 0.193. The largest absolute Gasteiger partial charge is 0.390 e. The molecule has 3 rings (SSSR count). The molecule has 2 nitrogen and oxygen atoms in total. The highest BCUT2D eigenvalue weighted by Crippen LogP contribution is 2.60. The van der Waals surface area contributed by atoms with Crippen molar-refractivity contribution in [3.8, 4) is 0 Å². The highest BCUT2D eigenvalue weighted by Gasteiger charge is 2.65. The van der Waals surface area contributed by atoms with Crippen molar-refractivity contribution in [1.82, 2.24) is 0 Å². The highest BCUT2D eigenvalue weighted by atomic mass is 16.6. The first-order valence-corrected chi connectivity index (χ1v) is 7.32. The van der Waals surface area contributed by atoms with Gasteiger partial charge in [0.2, 0.25) is 0 Å². The molecule has 0 aromatic heterocycles. The zero-order valence-electron chi connectivity index (χ0n) is 12.3. The average molecular weight is 260 g/mol. The van der Waals surface area contributed by atoms with E-state index < -0.39 is 0 Å². The molecule has 1 unspecified atom stereocenters. The second-order valence-corrected chi connectivity index (χ2v) is 6.92. The van der Waals surface area contributed by atoms with E-state index in [9.17, 15) is 5.11 Å². The van der Waals surface area contributed by atoms with Crippen molar-refractivity contribution in [2.45, 2.75) is 63.8 Å². The predicted molar refractivity (Wildman–Crippen MR) is 76.2 cm³/mol. The summed E-state index contributed by atoms with van der Waals surface area (Å²) in [7, 11) is 0. The monoisotopic (exact) mass is 260 g/mol. The topological polar surface area (TPSA) is 29.5 Å². The Kier molecular flexibility index (Phi) is 2.81. The van der Waals surface area contributed by atoms with Crippen LogP contribution in [0.25, 0.3) is 0 Å². The van der Waals surface area contributed by atoms with Crippen LogP contribution in [0, 0.1) is 12.8 Å². The summed E-state index contributed by atoms with van der Waals surface area (Å²) in [6.45, 7) is 8.63. The molecule has 2 aliphatic rings. The van der Waals surface area contributed by atoms with E-state index in [0.717, 1.165) is 12.8 Å². The van der Waals surface area contributed by atoms with Gasteiger partial charge in [0.05, 0.1) is 17.3 Å². The van der Waals surface area contributed by atoms with Gasteiger partial charge < -0.3 is 9.84 Å². The third-order valence-electron chi connectivity index (χ3n) is 5.26. The van der Waals surface area contributed by atoms with E-state index in [1.807, 2.05) is 0 Å². The molecule has 2 bridgehead atoms. The van der Waals surface area contributed by atoms with Crippen molar-refractivity contribution in [3.63, 3.8) is 0 Å². The quantitative estimate of drug-likeness (QED) is 0.883. The fraction of sp³-hybridized carbons (Fsp3) is 0.647. The molecule has 2 heteroatoms. The van der Waals surface area contributed by atoms with E-state index in [0.29, 0.717) is 11.8 Å². The molecule has 0 spiro atoms. The molecule has 1 N–H and O–H groups in total. The number of rotatable bonds is 2. The van der Waals surface area contributed by atoms with Crippen molar-refractivity contribution in [2.24, 2.45) is 5.92 Å². The standard InChI is InChI=1S/C17H24O2/c1-11(2)17-10-15(18)16(4,19-17)9-14(17)13-7-5-6-12(3)8-13/h5-8,11,14-15,18H,9-10H2,1-4H3/t14?,15-,16+,17-/m1/s1. The third kappa shape index (κ3) is 1.77. The summed E-state index contributed by atoms with van der Waals surface area (Å²) in [5, 5.41) is 10.3. The SMILES string of the molecule is Cc1cccc(C2C[C@]3(C)O[C@@]2(C(C)C)C[C@H]3O)c1. The van der Waals surface area contributed by atoms with Gasteiger partial charge in [-0.25, -0.2) is 0 Å². The molecule has 0 amide bonds. The van der Waals surface area contributed by atoms with Crippen LogP contribution < -0.4 is 0 Å². The van der Waals surface area contributed by atoms with Gasteiger partial charge in [-0.1, -0.05) is 43.7 Å². The summed E-state index contributed by atoms with van der Waals surface area (Å²) in [6.07, 6.45) is 1.37. The first-order chi connectivity index (χ1) is 8.87. The second-order valence-electron chi connectivity index (χ2n) is 6.92. The van der Waals surface area contributed by atoms with Crippen LogP contribution in [0.15, 0.2) is 24.3 Å². The Morgan fingerprint density at radius 2 is 2.05 bits per heavy atom. The summed E-state index contributed by atoms with van der Waals surface area (Å²) < 4.78 is 6.38. The van der Waals surface area contributed by atoms with Gasteiger partial charge in [-0.3, -0.25) is 0 Å². The van der Waals surface area contributed by atoms with E-state index >= 15 is 0 Å². The molecular weight excluding hydrogens is 236 g/mol. The first-order valence-electron chi connectivity index (χ1n) is 7.32. The van der Waals surface area contributed by atoms with Gasteiger partial charge in [0, 0.05) is 12.3 Å². The van der Waals surface area contributed by atoms with Crippen LogP contribution in [-0.2, 0) is 4.74 Å². The summed E-state index contributed by atoms with van der Waals surface area (Å²) in [6, 6.07) is 8.75. The molecule has 2 fully saturated rings. The zero-order valence-corrected chi connectivity index (χ0v) is 12.3. The molecule has 2 aliphatic heterocycles. The van der Waals surface area contributed by atoms with E-state index in [1.54, 1.807) is 0 Å². The normalized spacial score (nSPS) is 41.2. The first kappa shape index (κ1) is 13.1. The van der Waals surface area contributed by atoms with E-state index in [2.05, 4.69) is 52.0 Å². The van der Waals surface area contributed by atoms with Gasteiger partial charge in [0.15, 0.2) is 0 Å². The van der Waals surface area contributed by atoms with Crippen molar-refractivity contribution in [1.29, 1.82) is 0 Å². The van der Waals surface area contributed by atoms with Crippen LogP contribution in [-0.4, -0.2) is 22.4 Å². The summed E-state index contributed by atoms with van der Waals surface area (Å²) in [4.78, 5) is 0. The predicted octanol–water partition coefficient (Wildman–Crippen LogP) is 3.42. The molecule has 0 radical (unpaired) electrons. The molecule has 1 aromatic carbocycles. The van der Waals surface area contributed by atoms with E-state index in [-0.39, 0.29) is 17.3 Å². The maximum absolute atomic E-state index is 10.3. The maximum atomic E-state index is 10.3. The van der Waals surface area contributed by atoms with Gasteiger partial charge in [0.25, 0.3) is 0 Å². The molecule has 19 heavy (non-hydrogen) atoms. The fourth-order valence-corrected chi connectivity index (χ4v) is 4.07. The molecule has 1 aromatic rings. The van der Waals surface area contributed by atoms with Gasteiger partial charge in [-0.05, 0) is 31.7 Å². The Morgan fingerprint density at radius 1 is 1.32 bits per heavy atom. The van der Waals surface area contributed by atoms with Gasteiger partial charge in [-0.2, -0.15) is 0 Å². The number of aryl methyl sites for hydroxylation is 1. The summed E-state index contributed by atoms with van der Waals surface area (Å²) >= 11 is 0. The minimum Gasteiger partial charge on any atom is -0.390 e. The number of hydrogen-bond donors (Lipinski definition) is 1. The maximum Gasteiger partial charge on any atom is 0.0928 e. The van der Waals surface area contributed by atoms with Crippen LogP contribution in [0.5, 0.6) is 0 Å². The van der Waals surface area contributed by atoms with Gasteiger partial charge >= 0.3 is 0 Å². The number of ether oxygens (including phenoxy) is 1. The Balaban J connectivity index is 2.04. The summed E-state index contributed by atoms with van der Waals surface area (Å²) in [5.41, 5.74) is 2.11. The molecular formula is C17H24O2. The van der Waals surface area contributed by atoms with E-state index in [4.69, 9.17) is 4.74 Å². The number of benzene rings is 1. The Hall–Kier alpha value is -0.860. The van der Waals surface area contributed by atoms with Crippen LogP contribution >= 0.6 is 0 Å². The van der Waals surface area contributed by atoms with Crippen molar-refractivity contribution in [3.05, 3.63) is 35.4 Å². The fourth-order valence-electron chi connectivity index (χ4n) is 4.07. The van der Waals surface area contributed by atoms with Crippen molar-refractivity contribution in [2.75, 3.05) is 0 Å². The Bertz CT molecular complexity index is 496. The lowest BCUT2D eigenvalue weighted by molar-refractivity contribution is -0.0830. The molecule has 2 saturated heterocycles. The number of fused-ring (bicyclic) bond motifs is 2. The molecule has 0 saturated carbocycles. The molecule has 104 valence electrons. The number of aliphatic hydroxyl groups excluding tert-OH is 1. The van der Waals surface area contributed by atoms with Gasteiger partial charge in [-0.15, -0.1) is 0 Å². The highest BCUT2D eigenvalue weighted by molar-refractivity contribution is 5.33. The lowest BCUT2D eigenvalue weighted by Crippen LogP contribution is -2.42. The second kappa shape index (κ2) is 4.07. The van der Waals surface area contributed by atoms with Crippen LogP contribution in [0.3, 0.4) is 0 Å². The van der Waals surface area contributed by atoms with Crippen molar-refractivity contribution >= 4 is 0 Å². The summed E-state index contributed by atoms with van der Waals surface area (Å²) in [5.74, 6) is 0.817. The molecule has 2 heterocycles. The van der Waals surface area contributed by atoms with Crippen molar-refractivity contribution < 1.29 is 9.84 Å². The van der Waals surface area contributed by atoms with Crippen LogP contribution in [0.2, 0.25) is 0 Å².